The monoisotopic (exact) mass is 262 g/mol. The van der Waals surface area contributed by atoms with Crippen molar-refractivity contribution in [2.75, 3.05) is 0 Å². The molecule has 0 aromatic carbocycles. The molecule has 0 aliphatic heterocycles. The van der Waals surface area contributed by atoms with E-state index in [1.807, 2.05) is 6.20 Å². The Morgan fingerprint density at radius 3 is 2.63 bits per heavy atom. The fourth-order valence-electron chi connectivity index (χ4n) is 5.01. The van der Waals surface area contributed by atoms with E-state index in [0.717, 1.165) is 30.5 Å². The maximum atomic E-state index is 11.0. The molecule has 2 N–H and O–H groups in total. The molecule has 2 aliphatic carbocycles. The fourth-order valence-corrected chi connectivity index (χ4v) is 5.01. The minimum absolute atomic E-state index is 0.338. The van der Waals surface area contributed by atoms with Crippen LogP contribution in [-0.4, -0.2) is 15.1 Å². The number of nitrogens with zero attached hydrogens (tertiary/aromatic N) is 1. The van der Waals surface area contributed by atoms with E-state index in [0.29, 0.717) is 17.3 Å². The van der Waals surface area contributed by atoms with Crippen LogP contribution in [0.15, 0.2) is 12.4 Å². The summed E-state index contributed by atoms with van der Waals surface area (Å²) in [5.41, 5.74) is -0.393. The number of aliphatic hydroxyl groups is 1. The van der Waals surface area contributed by atoms with Crippen molar-refractivity contribution in [2.24, 2.45) is 29.1 Å². The molecular weight excluding hydrogens is 236 g/mol. The summed E-state index contributed by atoms with van der Waals surface area (Å²) in [6, 6.07) is 0. The fraction of sp³-hybridized carbons (Fsp3) is 0.812. The first-order chi connectivity index (χ1) is 8.81. The van der Waals surface area contributed by atoms with Crippen molar-refractivity contribution in [3.63, 3.8) is 0 Å². The van der Waals surface area contributed by atoms with Crippen LogP contribution in [-0.2, 0) is 5.60 Å². The van der Waals surface area contributed by atoms with E-state index in [1.165, 1.54) is 6.42 Å². The Kier molecular flexibility index (Phi) is 2.83. The van der Waals surface area contributed by atoms with Crippen LogP contribution in [0.4, 0.5) is 0 Å². The van der Waals surface area contributed by atoms with E-state index in [9.17, 15) is 5.11 Å². The number of aromatic amines is 1. The molecule has 2 saturated carbocycles. The van der Waals surface area contributed by atoms with Crippen molar-refractivity contribution in [1.29, 1.82) is 0 Å². The summed E-state index contributed by atoms with van der Waals surface area (Å²) >= 11 is 0. The molecule has 2 unspecified atom stereocenters. The topological polar surface area (TPSA) is 48.9 Å². The molecule has 0 radical (unpaired) electrons. The van der Waals surface area contributed by atoms with E-state index in [2.05, 4.69) is 37.7 Å². The zero-order valence-corrected chi connectivity index (χ0v) is 12.5. The molecule has 2 fully saturated rings. The summed E-state index contributed by atoms with van der Waals surface area (Å²) in [4.78, 5) is 7.44. The maximum absolute atomic E-state index is 11.0. The van der Waals surface area contributed by atoms with Crippen LogP contribution < -0.4 is 0 Å². The van der Waals surface area contributed by atoms with Gasteiger partial charge in [-0.25, -0.2) is 4.98 Å². The zero-order valence-electron chi connectivity index (χ0n) is 12.5. The molecule has 5 atom stereocenters. The van der Waals surface area contributed by atoms with Crippen LogP contribution in [0, 0.1) is 29.1 Å². The molecule has 19 heavy (non-hydrogen) atoms. The van der Waals surface area contributed by atoms with E-state index in [4.69, 9.17) is 0 Å². The average Bonchev–Trinajstić information content (AvgIpc) is 2.85. The molecule has 2 bridgehead atoms. The number of hydrogen-bond acceptors (Lipinski definition) is 2. The van der Waals surface area contributed by atoms with Crippen molar-refractivity contribution in [3.05, 3.63) is 18.2 Å². The molecule has 1 heterocycles. The lowest BCUT2D eigenvalue weighted by atomic mass is 9.61. The van der Waals surface area contributed by atoms with E-state index in [1.54, 1.807) is 6.20 Å². The first kappa shape index (κ1) is 13.2. The van der Waals surface area contributed by atoms with E-state index in [-0.39, 0.29) is 0 Å². The molecule has 0 saturated heterocycles. The van der Waals surface area contributed by atoms with Crippen LogP contribution in [0.2, 0.25) is 0 Å². The highest BCUT2D eigenvalue weighted by atomic mass is 16.3. The van der Waals surface area contributed by atoms with E-state index < -0.39 is 5.60 Å². The van der Waals surface area contributed by atoms with Gasteiger partial charge in [-0.1, -0.05) is 27.7 Å². The molecule has 1 aromatic heterocycles. The lowest BCUT2D eigenvalue weighted by Crippen LogP contribution is -2.44. The minimum Gasteiger partial charge on any atom is -0.382 e. The van der Waals surface area contributed by atoms with Crippen LogP contribution in [0.25, 0.3) is 0 Å². The second-order valence-electron chi connectivity index (χ2n) is 7.91. The highest BCUT2D eigenvalue weighted by Crippen LogP contribution is 2.60. The third-order valence-corrected chi connectivity index (χ3v) is 5.49. The number of fused-ring (bicyclic) bond motifs is 2. The van der Waals surface area contributed by atoms with Gasteiger partial charge in [-0.15, -0.1) is 0 Å². The highest BCUT2D eigenvalue weighted by Gasteiger charge is 2.56. The summed E-state index contributed by atoms with van der Waals surface area (Å²) in [5.74, 6) is 3.47. The predicted molar refractivity (Wildman–Crippen MR) is 75.4 cm³/mol. The van der Waals surface area contributed by atoms with Crippen LogP contribution >= 0.6 is 0 Å². The van der Waals surface area contributed by atoms with Crippen LogP contribution in [0.3, 0.4) is 0 Å². The molecule has 3 nitrogen and oxygen atoms in total. The van der Waals surface area contributed by atoms with Crippen molar-refractivity contribution in [3.8, 4) is 0 Å². The Morgan fingerprint density at radius 2 is 2.11 bits per heavy atom. The van der Waals surface area contributed by atoms with Crippen LogP contribution in [0.5, 0.6) is 0 Å². The van der Waals surface area contributed by atoms with Gasteiger partial charge in [0.15, 0.2) is 0 Å². The standard InChI is InChI=1S/C16H26N2O/c1-10-7-11-8-16(19,14-17-5-6-18-14)9-12(10)13(11)15(2,3)4/h5-6,10-13,19H,7-9H2,1-4H3,(H,17,18)/t10-,11?,12?,13-,16+/m1/s1. The quantitative estimate of drug-likeness (QED) is 0.815. The molecule has 0 spiro atoms. The number of imidazole rings is 1. The molecule has 106 valence electrons. The third-order valence-electron chi connectivity index (χ3n) is 5.49. The number of nitrogens with one attached hydrogen (secondary N) is 1. The molecule has 2 aliphatic rings. The van der Waals surface area contributed by atoms with Gasteiger partial charge in [0, 0.05) is 12.4 Å². The number of rotatable bonds is 1. The van der Waals surface area contributed by atoms with Gasteiger partial charge in [0.1, 0.15) is 11.4 Å². The van der Waals surface area contributed by atoms with Gasteiger partial charge in [-0.05, 0) is 48.3 Å². The van der Waals surface area contributed by atoms with Crippen molar-refractivity contribution >= 4 is 0 Å². The summed E-state index contributed by atoms with van der Waals surface area (Å²) in [7, 11) is 0. The largest absolute Gasteiger partial charge is 0.382 e. The average molecular weight is 262 g/mol. The molecule has 3 rings (SSSR count). The number of H-pyrrole nitrogens is 1. The lowest BCUT2D eigenvalue weighted by Gasteiger charge is -2.46. The highest BCUT2D eigenvalue weighted by molar-refractivity contribution is 5.11. The molecular formula is C16H26N2O. The Balaban J connectivity index is 1.92. The van der Waals surface area contributed by atoms with Gasteiger partial charge in [0.2, 0.25) is 0 Å². The summed E-state index contributed by atoms with van der Waals surface area (Å²) in [6.45, 7) is 9.42. The van der Waals surface area contributed by atoms with Crippen LogP contribution in [0.1, 0.15) is 52.8 Å². The molecule has 0 amide bonds. The summed E-state index contributed by atoms with van der Waals surface area (Å²) < 4.78 is 0. The number of hydrogen-bond donors (Lipinski definition) is 2. The third kappa shape index (κ3) is 2.03. The van der Waals surface area contributed by atoms with Crippen molar-refractivity contribution < 1.29 is 5.11 Å². The summed E-state index contributed by atoms with van der Waals surface area (Å²) in [5, 5.41) is 11.0. The Bertz CT molecular complexity index is 448. The Morgan fingerprint density at radius 1 is 1.37 bits per heavy atom. The molecule has 1 aromatic rings. The minimum atomic E-state index is -0.731. The lowest BCUT2D eigenvalue weighted by molar-refractivity contribution is -0.0772. The van der Waals surface area contributed by atoms with Gasteiger partial charge in [-0.2, -0.15) is 0 Å². The normalized spacial score (nSPS) is 42.6. The Labute approximate surface area is 115 Å². The van der Waals surface area contributed by atoms with Crippen molar-refractivity contribution in [2.45, 2.75) is 52.6 Å². The van der Waals surface area contributed by atoms with Gasteiger partial charge in [0.05, 0.1) is 0 Å². The summed E-state index contributed by atoms with van der Waals surface area (Å²) in [6.07, 6.45) is 6.54. The zero-order chi connectivity index (χ0) is 13.8. The molecule has 3 heteroatoms. The first-order valence-electron chi connectivity index (χ1n) is 7.53. The second kappa shape index (κ2) is 4.08. The second-order valence-corrected chi connectivity index (χ2v) is 7.91. The van der Waals surface area contributed by atoms with Crippen molar-refractivity contribution in [1.82, 2.24) is 9.97 Å². The smallest absolute Gasteiger partial charge is 0.138 e. The maximum Gasteiger partial charge on any atom is 0.138 e. The van der Waals surface area contributed by atoms with Gasteiger partial charge < -0.3 is 10.1 Å². The van der Waals surface area contributed by atoms with Gasteiger partial charge >= 0.3 is 0 Å². The van der Waals surface area contributed by atoms with Gasteiger partial charge in [0.25, 0.3) is 0 Å². The van der Waals surface area contributed by atoms with Gasteiger partial charge in [-0.3, -0.25) is 0 Å². The predicted octanol–water partition coefficient (Wildman–Crippen LogP) is 3.33. The number of aromatic nitrogens is 2. The first-order valence-corrected chi connectivity index (χ1v) is 7.53. The van der Waals surface area contributed by atoms with E-state index >= 15 is 0 Å². The SMILES string of the molecule is C[C@@H]1CC2C[C@@](O)(c3ncc[nH]3)CC1[C@@H]2C(C)(C)C. The Hall–Kier alpha value is -0.830.